The molecule has 0 bridgehead atoms. The SMILES string of the molecule is CC1=C(c2ccncc2)C(O)Oc2cc(OCOCC[Si](C)(C)C)ccc21. The number of rotatable bonds is 7. The molecular weight excluding hydrogens is 358 g/mol. The number of aromatic nitrogens is 1. The summed E-state index contributed by atoms with van der Waals surface area (Å²) in [6, 6.07) is 10.5. The molecule has 144 valence electrons. The average Bonchev–Trinajstić information content (AvgIpc) is 2.61. The molecular formula is C21H27NO4Si. The van der Waals surface area contributed by atoms with Crippen molar-refractivity contribution >= 4 is 19.2 Å². The fourth-order valence-corrected chi connectivity index (χ4v) is 3.70. The van der Waals surface area contributed by atoms with E-state index in [1.165, 1.54) is 0 Å². The third-order valence-corrected chi connectivity index (χ3v) is 6.25. The van der Waals surface area contributed by atoms with E-state index in [1.54, 1.807) is 18.5 Å². The molecule has 1 atom stereocenters. The number of aliphatic hydroxyl groups is 1. The van der Waals surface area contributed by atoms with Crippen molar-refractivity contribution in [1.82, 2.24) is 4.98 Å². The van der Waals surface area contributed by atoms with Crippen LogP contribution in [0.15, 0.2) is 42.7 Å². The summed E-state index contributed by atoms with van der Waals surface area (Å²) < 4.78 is 17.0. The van der Waals surface area contributed by atoms with Crippen molar-refractivity contribution in [1.29, 1.82) is 0 Å². The summed E-state index contributed by atoms with van der Waals surface area (Å²) in [7, 11) is -1.09. The molecule has 1 N–H and O–H groups in total. The van der Waals surface area contributed by atoms with E-state index in [0.29, 0.717) is 18.1 Å². The minimum Gasteiger partial charge on any atom is -0.467 e. The van der Waals surface area contributed by atoms with Crippen molar-refractivity contribution in [2.75, 3.05) is 13.4 Å². The highest BCUT2D eigenvalue weighted by atomic mass is 28.3. The molecule has 0 aliphatic carbocycles. The van der Waals surface area contributed by atoms with Crippen LogP contribution in [-0.2, 0) is 4.74 Å². The van der Waals surface area contributed by atoms with Gasteiger partial charge >= 0.3 is 0 Å². The first kappa shape index (κ1) is 19.6. The summed E-state index contributed by atoms with van der Waals surface area (Å²) in [5.41, 5.74) is 3.58. The Balaban J connectivity index is 1.70. The van der Waals surface area contributed by atoms with Gasteiger partial charge in [0, 0.05) is 44.3 Å². The second-order valence-corrected chi connectivity index (χ2v) is 13.5. The Morgan fingerprint density at radius 1 is 1.15 bits per heavy atom. The zero-order chi connectivity index (χ0) is 19.4. The minimum atomic E-state index is -1.09. The molecule has 1 aromatic heterocycles. The van der Waals surface area contributed by atoms with Gasteiger partial charge in [0.15, 0.2) is 6.79 Å². The molecule has 0 saturated carbocycles. The summed E-state index contributed by atoms with van der Waals surface area (Å²) >= 11 is 0. The maximum absolute atomic E-state index is 10.5. The highest BCUT2D eigenvalue weighted by Gasteiger charge is 2.26. The quantitative estimate of drug-likeness (QED) is 0.434. The van der Waals surface area contributed by atoms with Gasteiger partial charge in [-0.15, -0.1) is 0 Å². The lowest BCUT2D eigenvalue weighted by molar-refractivity contribution is 0.0199. The van der Waals surface area contributed by atoms with Crippen LogP contribution in [0.2, 0.25) is 25.7 Å². The maximum atomic E-state index is 10.5. The van der Waals surface area contributed by atoms with Crippen LogP contribution in [0.4, 0.5) is 0 Å². The second-order valence-electron chi connectivity index (χ2n) is 7.88. The molecule has 2 heterocycles. The van der Waals surface area contributed by atoms with Crippen molar-refractivity contribution in [2.45, 2.75) is 38.9 Å². The van der Waals surface area contributed by atoms with Crippen LogP contribution in [0.5, 0.6) is 11.5 Å². The third kappa shape index (κ3) is 4.97. The maximum Gasteiger partial charge on any atom is 0.225 e. The van der Waals surface area contributed by atoms with Crippen molar-refractivity contribution in [3.8, 4) is 11.5 Å². The molecule has 1 aromatic carbocycles. The number of hydrogen-bond donors (Lipinski definition) is 1. The van der Waals surface area contributed by atoms with E-state index in [9.17, 15) is 5.11 Å². The Hall–Kier alpha value is -2.15. The molecule has 6 heteroatoms. The Labute approximate surface area is 161 Å². The van der Waals surface area contributed by atoms with Gasteiger partial charge < -0.3 is 19.3 Å². The van der Waals surface area contributed by atoms with Crippen LogP contribution in [0, 0.1) is 0 Å². The minimum absolute atomic E-state index is 0.211. The molecule has 0 amide bonds. The van der Waals surface area contributed by atoms with Gasteiger partial charge in [-0.25, -0.2) is 0 Å². The van der Waals surface area contributed by atoms with Gasteiger partial charge in [0.2, 0.25) is 6.29 Å². The van der Waals surface area contributed by atoms with E-state index in [1.807, 2.05) is 31.2 Å². The van der Waals surface area contributed by atoms with Gasteiger partial charge in [0.05, 0.1) is 0 Å². The normalized spacial score (nSPS) is 16.7. The molecule has 1 aliphatic heterocycles. The highest BCUT2D eigenvalue weighted by molar-refractivity contribution is 6.76. The molecule has 0 fully saturated rings. The first-order valence-electron chi connectivity index (χ1n) is 9.16. The zero-order valence-electron chi connectivity index (χ0n) is 16.4. The van der Waals surface area contributed by atoms with Crippen LogP contribution in [0.1, 0.15) is 18.1 Å². The topological polar surface area (TPSA) is 60.8 Å². The summed E-state index contributed by atoms with van der Waals surface area (Å²) in [5, 5.41) is 10.5. The second kappa shape index (κ2) is 8.25. The Morgan fingerprint density at radius 2 is 1.89 bits per heavy atom. The standard InChI is InChI=1S/C21H27NO4Si/c1-15-18-6-5-17(25-14-24-11-12-27(2,3)4)13-19(18)26-21(23)20(15)16-7-9-22-10-8-16/h5-10,13,21,23H,11-12,14H2,1-4H3. The molecule has 1 aliphatic rings. The van der Waals surface area contributed by atoms with E-state index in [2.05, 4.69) is 24.6 Å². The van der Waals surface area contributed by atoms with Gasteiger partial charge in [0.1, 0.15) is 11.5 Å². The number of fused-ring (bicyclic) bond motifs is 1. The monoisotopic (exact) mass is 385 g/mol. The predicted octanol–water partition coefficient (Wildman–Crippen LogP) is 4.41. The van der Waals surface area contributed by atoms with E-state index >= 15 is 0 Å². The average molecular weight is 386 g/mol. The van der Waals surface area contributed by atoms with Crippen molar-refractivity contribution in [3.63, 3.8) is 0 Å². The lowest BCUT2D eigenvalue weighted by Crippen LogP contribution is -2.23. The molecule has 0 radical (unpaired) electrons. The van der Waals surface area contributed by atoms with E-state index in [-0.39, 0.29) is 6.79 Å². The molecule has 0 saturated heterocycles. The molecule has 27 heavy (non-hydrogen) atoms. The Morgan fingerprint density at radius 3 is 2.59 bits per heavy atom. The number of allylic oxidation sites excluding steroid dienone is 1. The van der Waals surface area contributed by atoms with Crippen LogP contribution < -0.4 is 9.47 Å². The van der Waals surface area contributed by atoms with Gasteiger partial charge in [-0.2, -0.15) is 0 Å². The van der Waals surface area contributed by atoms with Crippen molar-refractivity contribution in [2.24, 2.45) is 0 Å². The Kier molecular flexibility index (Phi) is 5.99. The predicted molar refractivity (Wildman–Crippen MR) is 109 cm³/mol. The van der Waals surface area contributed by atoms with Crippen molar-refractivity contribution < 1.29 is 19.3 Å². The smallest absolute Gasteiger partial charge is 0.225 e. The van der Waals surface area contributed by atoms with Crippen LogP contribution in [0.3, 0.4) is 0 Å². The zero-order valence-corrected chi connectivity index (χ0v) is 17.4. The number of pyridine rings is 1. The summed E-state index contributed by atoms with van der Waals surface area (Å²) in [5.74, 6) is 1.27. The van der Waals surface area contributed by atoms with Crippen LogP contribution in [-0.4, -0.2) is 37.9 Å². The van der Waals surface area contributed by atoms with Gasteiger partial charge in [0.25, 0.3) is 0 Å². The number of benzene rings is 1. The van der Waals surface area contributed by atoms with Gasteiger partial charge in [-0.1, -0.05) is 19.6 Å². The number of ether oxygens (including phenoxy) is 3. The Bertz CT molecular complexity index is 815. The first-order valence-corrected chi connectivity index (χ1v) is 12.9. The number of aliphatic hydroxyl groups excluding tert-OH is 1. The van der Waals surface area contributed by atoms with Crippen LogP contribution >= 0.6 is 0 Å². The first-order chi connectivity index (χ1) is 12.8. The number of nitrogens with zero attached hydrogens (tertiary/aromatic N) is 1. The van der Waals surface area contributed by atoms with E-state index in [4.69, 9.17) is 14.2 Å². The number of hydrogen-bond acceptors (Lipinski definition) is 5. The van der Waals surface area contributed by atoms with Gasteiger partial charge in [-0.05, 0) is 48.4 Å². The highest BCUT2D eigenvalue weighted by Crippen LogP contribution is 2.40. The van der Waals surface area contributed by atoms with Crippen molar-refractivity contribution in [3.05, 3.63) is 53.9 Å². The molecule has 2 aromatic rings. The summed E-state index contributed by atoms with van der Waals surface area (Å²) in [6.45, 7) is 9.87. The summed E-state index contributed by atoms with van der Waals surface area (Å²) in [4.78, 5) is 4.03. The van der Waals surface area contributed by atoms with Crippen LogP contribution in [0.25, 0.3) is 11.1 Å². The van der Waals surface area contributed by atoms with Gasteiger partial charge in [-0.3, -0.25) is 4.98 Å². The lowest BCUT2D eigenvalue weighted by Gasteiger charge is -2.27. The largest absolute Gasteiger partial charge is 0.467 e. The molecule has 0 spiro atoms. The van der Waals surface area contributed by atoms with E-state index < -0.39 is 14.4 Å². The molecule has 1 unspecified atom stereocenters. The summed E-state index contributed by atoms with van der Waals surface area (Å²) in [6.07, 6.45) is 2.39. The fraction of sp³-hybridized carbons (Fsp3) is 0.381. The molecule has 5 nitrogen and oxygen atoms in total. The third-order valence-electron chi connectivity index (χ3n) is 4.54. The molecule has 3 rings (SSSR count). The van der Waals surface area contributed by atoms with E-state index in [0.717, 1.165) is 28.3 Å². The fourth-order valence-electron chi connectivity index (χ4n) is 2.95. The lowest BCUT2D eigenvalue weighted by atomic mass is 9.93.